The first-order chi connectivity index (χ1) is 13.6. The zero-order valence-corrected chi connectivity index (χ0v) is 17.9. The van der Waals surface area contributed by atoms with E-state index >= 15 is 0 Å². The Kier molecular flexibility index (Phi) is 3.98. The second-order valence-corrected chi connectivity index (χ2v) is 11.9. The van der Waals surface area contributed by atoms with Gasteiger partial charge in [0.1, 0.15) is 18.0 Å². The largest absolute Gasteiger partial charge is 0.221 e. The molecule has 0 aromatic carbocycles. The summed E-state index contributed by atoms with van der Waals surface area (Å²) in [6.07, 6.45) is 18.5. The molecule has 0 amide bonds. The van der Waals surface area contributed by atoms with Crippen LogP contribution in [0.5, 0.6) is 0 Å². The number of aromatic nitrogens is 3. The number of nitrogens with zero attached hydrogens (tertiary/aromatic N) is 3. The Hall–Kier alpha value is -0.990. The van der Waals surface area contributed by atoms with Crippen molar-refractivity contribution in [3.8, 4) is 0 Å². The van der Waals surface area contributed by atoms with E-state index in [4.69, 9.17) is 15.0 Å². The quantitative estimate of drug-likeness (QED) is 0.663. The minimum atomic E-state index is 0.216. The molecule has 1 heterocycles. The maximum atomic E-state index is 5.35. The molecule has 6 bridgehead atoms. The highest BCUT2D eigenvalue weighted by atomic mass is 15.0. The van der Waals surface area contributed by atoms with Crippen molar-refractivity contribution in [1.29, 1.82) is 0 Å². The van der Waals surface area contributed by atoms with Gasteiger partial charge < -0.3 is 0 Å². The van der Waals surface area contributed by atoms with Gasteiger partial charge in [-0.25, -0.2) is 15.0 Å². The summed E-state index contributed by atoms with van der Waals surface area (Å²) in [5.74, 6) is 7.89. The maximum absolute atomic E-state index is 5.35. The van der Waals surface area contributed by atoms with E-state index in [1.807, 2.05) is 6.33 Å². The zero-order chi connectivity index (χ0) is 18.9. The molecule has 2 unspecified atom stereocenters. The highest BCUT2D eigenvalue weighted by molar-refractivity contribution is 5.20. The van der Waals surface area contributed by atoms with E-state index < -0.39 is 0 Å². The first-order valence-electron chi connectivity index (χ1n) is 12.3. The molecule has 28 heavy (non-hydrogen) atoms. The Morgan fingerprint density at radius 2 is 1.25 bits per heavy atom. The summed E-state index contributed by atoms with van der Waals surface area (Å²) in [5, 5.41) is 0. The van der Waals surface area contributed by atoms with Crippen molar-refractivity contribution in [2.45, 2.75) is 102 Å². The predicted molar refractivity (Wildman–Crippen MR) is 111 cm³/mol. The second-order valence-electron chi connectivity index (χ2n) is 11.9. The SMILES string of the molecule is CCC1(c2ncnc(C34CC5CC(CC(C5)C3)C4)n2)CC2CC(C)CC(C2)C1. The molecule has 1 aromatic heterocycles. The lowest BCUT2D eigenvalue weighted by Crippen LogP contribution is -2.50. The monoisotopic (exact) mass is 379 g/mol. The molecule has 6 fully saturated rings. The van der Waals surface area contributed by atoms with Gasteiger partial charge in [-0.3, -0.25) is 0 Å². The first-order valence-corrected chi connectivity index (χ1v) is 12.3. The Morgan fingerprint density at radius 1 is 0.750 bits per heavy atom. The topological polar surface area (TPSA) is 38.7 Å². The summed E-state index contributed by atoms with van der Waals surface area (Å²) in [6, 6.07) is 0. The molecule has 0 radical (unpaired) electrons. The molecule has 7 rings (SSSR count). The van der Waals surface area contributed by atoms with Gasteiger partial charge in [-0.05, 0) is 113 Å². The van der Waals surface area contributed by atoms with Gasteiger partial charge in [-0.15, -0.1) is 0 Å². The lowest BCUT2D eigenvalue weighted by Gasteiger charge is -2.56. The van der Waals surface area contributed by atoms with Gasteiger partial charge in [0.05, 0.1) is 0 Å². The predicted octanol–water partition coefficient (Wildman–Crippen LogP) is 5.83. The van der Waals surface area contributed by atoms with E-state index in [9.17, 15) is 0 Å². The van der Waals surface area contributed by atoms with Gasteiger partial charge in [0.15, 0.2) is 0 Å². The van der Waals surface area contributed by atoms with Crippen molar-refractivity contribution >= 4 is 0 Å². The van der Waals surface area contributed by atoms with E-state index in [1.54, 1.807) is 0 Å². The summed E-state index contributed by atoms with van der Waals surface area (Å²) < 4.78 is 0. The van der Waals surface area contributed by atoms with Gasteiger partial charge in [-0.1, -0.05) is 13.8 Å². The van der Waals surface area contributed by atoms with Crippen molar-refractivity contribution in [2.24, 2.45) is 35.5 Å². The van der Waals surface area contributed by atoms with E-state index in [2.05, 4.69) is 13.8 Å². The van der Waals surface area contributed by atoms with Crippen LogP contribution in [0.2, 0.25) is 0 Å². The lowest BCUT2D eigenvalue weighted by molar-refractivity contribution is -0.0100. The fourth-order valence-corrected chi connectivity index (χ4v) is 9.24. The van der Waals surface area contributed by atoms with Gasteiger partial charge in [-0.2, -0.15) is 0 Å². The molecule has 0 spiro atoms. The highest BCUT2D eigenvalue weighted by Crippen LogP contribution is 2.60. The molecule has 3 heteroatoms. The molecule has 2 atom stereocenters. The van der Waals surface area contributed by atoms with Gasteiger partial charge in [0.2, 0.25) is 0 Å². The number of hydrogen-bond donors (Lipinski definition) is 0. The standard InChI is InChI=1S/C25H37N3/c1-3-24(10-17-4-16(2)5-18(6-17)11-24)22-26-15-27-23(28-22)25-12-19-7-20(13-25)9-21(8-19)14-25/h15-21H,3-14H2,1-2H3. The van der Waals surface area contributed by atoms with Crippen LogP contribution in [0, 0.1) is 35.5 Å². The number of fused-ring (bicyclic) bond motifs is 2. The Labute approximate surface area is 170 Å². The summed E-state index contributed by atoms with van der Waals surface area (Å²) in [5.41, 5.74) is 0.508. The van der Waals surface area contributed by atoms with Crippen LogP contribution in [-0.2, 0) is 10.8 Å². The van der Waals surface area contributed by atoms with E-state index in [-0.39, 0.29) is 5.41 Å². The van der Waals surface area contributed by atoms with Gasteiger partial charge in [0, 0.05) is 10.8 Å². The second kappa shape index (κ2) is 6.25. The molecule has 1 aromatic rings. The smallest absolute Gasteiger partial charge is 0.138 e. The van der Waals surface area contributed by atoms with Crippen LogP contribution in [0.25, 0.3) is 0 Å². The normalized spacial score (nSPS) is 49.4. The molecule has 0 aliphatic heterocycles. The minimum absolute atomic E-state index is 0.216. The molecule has 6 aliphatic carbocycles. The van der Waals surface area contributed by atoms with Crippen LogP contribution >= 0.6 is 0 Å². The van der Waals surface area contributed by atoms with Crippen molar-refractivity contribution in [3.63, 3.8) is 0 Å². The third-order valence-corrected chi connectivity index (χ3v) is 9.73. The first kappa shape index (κ1) is 17.8. The van der Waals surface area contributed by atoms with Crippen molar-refractivity contribution in [3.05, 3.63) is 18.0 Å². The average molecular weight is 380 g/mol. The Balaban J connectivity index is 1.35. The molecule has 0 saturated heterocycles. The molecular formula is C25H37N3. The number of rotatable bonds is 3. The van der Waals surface area contributed by atoms with Crippen LogP contribution in [-0.4, -0.2) is 15.0 Å². The molecule has 6 saturated carbocycles. The highest BCUT2D eigenvalue weighted by Gasteiger charge is 2.54. The fourth-order valence-electron chi connectivity index (χ4n) is 9.24. The lowest BCUT2D eigenvalue weighted by atomic mass is 9.49. The van der Waals surface area contributed by atoms with Crippen LogP contribution < -0.4 is 0 Å². The third kappa shape index (κ3) is 2.70. The van der Waals surface area contributed by atoms with E-state index in [0.29, 0.717) is 5.41 Å². The van der Waals surface area contributed by atoms with Crippen molar-refractivity contribution < 1.29 is 0 Å². The third-order valence-electron chi connectivity index (χ3n) is 9.73. The van der Waals surface area contributed by atoms with E-state index in [1.165, 1.54) is 88.7 Å². The molecular weight excluding hydrogens is 342 g/mol. The zero-order valence-electron chi connectivity index (χ0n) is 17.9. The van der Waals surface area contributed by atoms with Crippen molar-refractivity contribution in [2.75, 3.05) is 0 Å². The average Bonchev–Trinajstić information content (AvgIpc) is 2.66. The fraction of sp³-hybridized carbons (Fsp3) is 0.880. The molecule has 3 nitrogen and oxygen atoms in total. The minimum Gasteiger partial charge on any atom is -0.221 e. The van der Waals surface area contributed by atoms with Crippen LogP contribution in [0.3, 0.4) is 0 Å². The van der Waals surface area contributed by atoms with Crippen LogP contribution in [0.4, 0.5) is 0 Å². The van der Waals surface area contributed by atoms with Gasteiger partial charge >= 0.3 is 0 Å². The Bertz CT molecular complexity index is 703. The molecule has 152 valence electrons. The van der Waals surface area contributed by atoms with Gasteiger partial charge in [0.25, 0.3) is 0 Å². The molecule has 0 N–H and O–H groups in total. The summed E-state index contributed by atoms with van der Waals surface area (Å²) in [6.45, 7) is 4.85. The van der Waals surface area contributed by atoms with Crippen LogP contribution in [0.15, 0.2) is 6.33 Å². The summed E-state index contributed by atoms with van der Waals surface area (Å²) in [4.78, 5) is 15.1. The molecule has 6 aliphatic rings. The number of hydrogen-bond acceptors (Lipinski definition) is 3. The summed E-state index contributed by atoms with van der Waals surface area (Å²) in [7, 11) is 0. The van der Waals surface area contributed by atoms with E-state index in [0.717, 1.165) is 35.5 Å². The summed E-state index contributed by atoms with van der Waals surface area (Å²) >= 11 is 0. The maximum Gasteiger partial charge on any atom is 0.138 e. The van der Waals surface area contributed by atoms with Crippen LogP contribution in [0.1, 0.15) is 103 Å². The Morgan fingerprint density at radius 3 is 1.79 bits per heavy atom. The van der Waals surface area contributed by atoms with Crippen molar-refractivity contribution in [1.82, 2.24) is 15.0 Å².